The van der Waals surface area contributed by atoms with Gasteiger partial charge in [0.05, 0.1) is 0 Å². The molecule has 0 saturated carbocycles. The summed E-state index contributed by atoms with van der Waals surface area (Å²) in [6.45, 7) is 1.90. The quantitative estimate of drug-likeness (QED) is 0.531. The van der Waals surface area contributed by atoms with Crippen molar-refractivity contribution in [1.82, 2.24) is 0 Å². The van der Waals surface area contributed by atoms with Gasteiger partial charge < -0.3 is 9.79 Å². The fourth-order valence-electron chi connectivity index (χ4n) is 0.364. The second kappa shape index (κ2) is 5.55. The van der Waals surface area contributed by atoms with Crippen molar-refractivity contribution in [1.29, 1.82) is 0 Å². The van der Waals surface area contributed by atoms with E-state index in [1.54, 1.807) is 0 Å². The zero-order chi connectivity index (χ0) is 6.62. The molecule has 0 aliphatic carbocycles. The molecule has 0 aromatic heterocycles. The molecule has 0 heterocycles. The van der Waals surface area contributed by atoms with Crippen LogP contribution < -0.4 is 0 Å². The van der Waals surface area contributed by atoms with Crippen LogP contribution in [0.3, 0.4) is 0 Å². The molecule has 0 aliphatic heterocycles. The molecule has 2 N–H and O–H groups in total. The minimum Gasteiger partial charge on any atom is -0.324 e. The average molecular weight is 203 g/mol. The summed E-state index contributed by atoms with van der Waals surface area (Å²) < 4.78 is 10.1. The molecule has 0 fully saturated rings. The van der Waals surface area contributed by atoms with Crippen molar-refractivity contribution in [2.75, 3.05) is 6.16 Å². The van der Waals surface area contributed by atoms with Gasteiger partial charge in [-0.15, -0.1) is 0 Å². The summed E-state index contributed by atoms with van der Waals surface area (Å²) in [6, 6.07) is 0. The molecule has 0 rings (SSSR count). The van der Waals surface area contributed by atoms with Crippen molar-refractivity contribution in [2.45, 2.75) is 19.8 Å². The summed E-state index contributed by atoms with van der Waals surface area (Å²) in [4.78, 5) is 16.5. The van der Waals surface area contributed by atoms with Gasteiger partial charge in [-0.1, -0.05) is 13.3 Å². The number of unbranched alkanes of at least 4 members (excludes halogenated alkanes) is 1. The first-order chi connectivity index (χ1) is 3.56. The maximum absolute atomic E-state index is 10.1. The van der Waals surface area contributed by atoms with E-state index in [0.717, 1.165) is 6.42 Å². The Hall–Kier alpha value is 0.773. The predicted octanol–water partition coefficient (Wildman–Crippen LogP) is 0.962. The second-order valence-corrected chi connectivity index (χ2v) is 3.52. The summed E-state index contributed by atoms with van der Waals surface area (Å²) >= 11 is 0. The van der Waals surface area contributed by atoms with Crippen LogP contribution in [0.15, 0.2) is 0 Å². The number of hydrogen-bond acceptors (Lipinski definition) is 1. The summed E-state index contributed by atoms with van der Waals surface area (Å²) in [7, 11) is -3.68. The zero-order valence-corrected chi connectivity index (χ0v) is 9.44. The summed E-state index contributed by atoms with van der Waals surface area (Å²) in [5.41, 5.74) is 0. The van der Waals surface area contributed by atoms with Crippen molar-refractivity contribution in [3.63, 3.8) is 0 Å². The third-order valence-corrected chi connectivity index (χ3v) is 1.70. The first-order valence-electron chi connectivity index (χ1n) is 2.61. The molecule has 0 bridgehead atoms. The van der Waals surface area contributed by atoms with Gasteiger partial charge in [0.1, 0.15) is 0 Å². The van der Waals surface area contributed by atoms with Crippen molar-refractivity contribution < 1.29 is 33.8 Å². The Morgan fingerprint density at radius 3 is 2.00 bits per heavy atom. The average Bonchev–Trinajstić information content (AvgIpc) is 1.59. The number of hydrogen-bond donors (Lipinski definition) is 2. The largest absolute Gasteiger partial charge is 0.325 e. The van der Waals surface area contributed by atoms with Crippen LogP contribution >= 0.6 is 7.60 Å². The standard InChI is InChI=1S/C4H11O3P.Zn/c1-2-3-4-8(5,6)7;/h2-4H2,1H3,(H2,5,6,7);. The van der Waals surface area contributed by atoms with Crippen molar-refractivity contribution in [2.24, 2.45) is 0 Å². The van der Waals surface area contributed by atoms with Gasteiger partial charge in [-0.05, 0) is 6.42 Å². The van der Waals surface area contributed by atoms with E-state index in [1.807, 2.05) is 6.92 Å². The molecule has 0 radical (unpaired) electrons. The maximum Gasteiger partial charge on any atom is 0.325 e. The van der Waals surface area contributed by atoms with Gasteiger partial charge in [-0.2, -0.15) is 0 Å². The second-order valence-electron chi connectivity index (χ2n) is 1.74. The van der Waals surface area contributed by atoms with Gasteiger partial charge in [-0.3, -0.25) is 4.57 Å². The Bertz CT molecular complexity index is 100.0. The van der Waals surface area contributed by atoms with Crippen molar-refractivity contribution in [3.05, 3.63) is 0 Å². The summed E-state index contributed by atoms with van der Waals surface area (Å²) in [5, 5.41) is 0. The number of rotatable bonds is 3. The van der Waals surface area contributed by atoms with E-state index in [9.17, 15) is 4.57 Å². The van der Waals surface area contributed by atoms with Gasteiger partial charge >= 0.3 is 7.60 Å². The van der Waals surface area contributed by atoms with E-state index in [2.05, 4.69) is 0 Å². The van der Waals surface area contributed by atoms with E-state index < -0.39 is 7.60 Å². The van der Waals surface area contributed by atoms with Crippen LogP contribution in [0.5, 0.6) is 0 Å². The van der Waals surface area contributed by atoms with Crippen LogP contribution in [0.2, 0.25) is 0 Å². The molecular weight excluding hydrogens is 192 g/mol. The molecule has 5 heteroatoms. The van der Waals surface area contributed by atoms with Crippen molar-refractivity contribution in [3.8, 4) is 0 Å². The Morgan fingerprint density at radius 2 is 1.89 bits per heavy atom. The molecule has 0 aromatic carbocycles. The molecule has 52 valence electrons. The molecule has 0 saturated heterocycles. The van der Waals surface area contributed by atoms with Gasteiger partial charge in [0.2, 0.25) is 0 Å². The first-order valence-corrected chi connectivity index (χ1v) is 4.40. The molecule has 0 atom stereocenters. The Kier molecular flexibility index (Phi) is 7.68. The summed E-state index contributed by atoms with van der Waals surface area (Å²) in [6.07, 6.45) is 1.49. The van der Waals surface area contributed by atoms with Crippen LogP contribution in [0.1, 0.15) is 19.8 Å². The normalized spacial score (nSPS) is 10.6. The molecule has 9 heavy (non-hydrogen) atoms. The maximum atomic E-state index is 10.1. The smallest absolute Gasteiger partial charge is 0.324 e. The van der Waals surface area contributed by atoms with Crippen LogP contribution in [-0.4, -0.2) is 15.9 Å². The molecule has 0 amide bonds. The van der Waals surface area contributed by atoms with Gasteiger partial charge in [0.15, 0.2) is 0 Å². The van der Waals surface area contributed by atoms with Crippen LogP contribution in [0.4, 0.5) is 0 Å². The zero-order valence-electron chi connectivity index (χ0n) is 5.58. The van der Waals surface area contributed by atoms with Gasteiger partial charge in [0, 0.05) is 25.6 Å². The third-order valence-electron chi connectivity index (χ3n) is 0.803. The molecule has 0 aliphatic rings. The Morgan fingerprint density at radius 1 is 1.44 bits per heavy atom. The molecule has 0 spiro atoms. The van der Waals surface area contributed by atoms with E-state index in [-0.39, 0.29) is 25.6 Å². The molecule has 0 unspecified atom stereocenters. The monoisotopic (exact) mass is 202 g/mol. The fourth-order valence-corrected chi connectivity index (χ4v) is 1.09. The fraction of sp³-hybridized carbons (Fsp3) is 1.00. The molecule has 0 aromatic rings. The van der Waals surface area contributed by atoms with E-state index in [4.69, 9.17) is 9.79 Å². The van der Waals surface area contributed by atoms with E-state index in [1.165, 1.54) is 0 Å². The molecular formula is C4H11O3PZn. The van der Waals surface area contributed by atoms with Gasteiger partial charge in [0.25, 0.3) is 0 Å². The first kappa shape index (κ1) is 12.4. The molecule has 3 nitrogen and oxygen atoms in total. The van der Waals surface area contributed by atoms with Crippen molar-refractivity contribution >= 4 is 7.60 Å². The van der Waals surface area contributed by atoms with Crippen LogP contribution in [0, 0.1) is 0 Å². The Labute approximate surface area is 67.8 Å². The SMILES string of the molecule is CCCCP(=O)(O)O.[Zn]. The minimum absolute atomic E-state index is 0. The predicted molar refractivity (Wildman–Crippen MR) is 31.8 cm³/mol. The third kappa shape index (κ3) is 12.1. The topological polar surface area (TPSA) is 57.5 Å². The van der Waals surface area contributed by atoms with Gasteiger partial charge in [-0.25, -0.2) is 0 Å². The van der Waals surface area contributed by atoms with E-state index in [0.29, 0.717) is 6.42 Å². The minimum atomic E-state index is -3.68. The Balaban J connectivity index is 0. The van der Waals surface area contributed by atoms with E-state index >= 15 is 0 Å². The van der Waals surface area contributed by atoms with Crippen LogP contribution in [0.25, 0.3) is 0 Å². The van der Waals surface area contributed by atoms with Crippen LogP contribution in [-0.2, 0) is 24.0 Å². The summed E-state index contributed by atoms with van der Waals surface area (Å²) in [5.74, 6) is 0.